The molecule has 4 nitrogen and oxygen atoms in total. The topological polar surface area (TPSA) is 66.4 Å². The van der Waals surface area contributed by atoms with E-state index in [0.717, 1.165) is 29.5 Å². The fraction of sp³-hybridized carbons (Fsp3) is 0.571. The zero-order valence-corrected chi connectivity index (χ0v) is 13.5. The van der Waals surface area contributed by atoms with Crippen molar-refractivity contribution in [2.75, 3.05) is 0 Å². The van der Waals surface area contributed by atoms with E-state index in [1.54, 1.807) is 11.3 Å². The van der Waals surface area contributed by atoms with Crippen LogP contribution in [0.4, 0.5) is 0 Å². The van der Waals surface area contributed by atoms with E-state index >= 15 is 0 Å². The third-order valence-corrected chi connectivity index (χ3v) is 5.07. The summed E-state index contributed by atoms with van der Waals surface area (Å²) in [5.41, 5.74) is 0. The second-order valence-corrected chi connectivity index (χ2v) is 7.72. The largest absolute Gasteiger partial charge is 0.481 e. The molecular weight excluding hydrogens is 342 g/mol. The first kappa shape index (κ1) is 15.5. The molecule has 0 spiro atoms. The van der Waals surface area contributed by atoms with Crippen molar-refractivity contribution >= 4 is 39.1 Å². The molecule has 1 amide bonds. The number of carbonyl (C=O) groups is 2. The number of amides is 1. The Labute approximate surface area is 130 Å². The molecule has 1 atom stereocenters. The standard InChI is InChI=1S/C14H18BrNO3S/c15-12-7-6-10(20-12)2-1-3-13(17)16-11(8-14(18)19)9-4-5-9/h6-7,9,11H,1-5,8H2,(H,16,17)(H,18,19). The minimum absolute atomic E-state index is 0.0289. The number of hydrogen-bond acceptors (Lipinski definition) is 3. The lowest BCUT2D eigenvalue weighted by Gasteiger charge is -2.16. The Balaban J connectivity index is 1.69. The van der Waals surface area contributed by atoms with Crippen molar-refractivity contribution in [3.8, 4) is 0 Å². The number of aliphatic carboxylic acids is 1. The van der Waals surface area contributed by atoms with Gasteiger partial charge in [0.25, 0.3) is 0 Å². The third-order valence-electron chi connectivity index (χ3n) is 3.39. The number of carbonyl (C=O) groups excluding carboxylic acids is 1. The Morgan fingerprint density at radius 3 is 2.75 bits per heavy atom. The van der Waals surface area contributed by atoms with Gasteiger partial charge < -0.3 is 10.4 Å². The molecule has 1 fully saturated rings. The number of rotatable bonds is 8. The molecule has 2 N–H and O–H groups in total. The van der Waals surface area contributed by atoms with E-state index in [1.165, 1.54) is 4.88 Å². The Morgan fingerprint density at radius 1 is 1.45 bits per heavy atom. The van der Waals surface area contributed by atoms with Gasteiger partial charge in [0.05, 0.1) is 10.2 Å². The summed E-state index contributed by atoms with van der Waals surface area (Å²) in [6.07, 6.45) is 4.23. The number of hydrogen-bond donors (Lipinski definition) is 2. The molecule has 1 aromatic heterocycles. The normalized spacial score (nSPS) is 15.8. The van der Waals surface area contributed by atoms with E-state index in [9.17, 15) is 9.59 Å². The summed E-state index contributed by atoms with van der Waals surface area (Å²) in [5.74, 6) is -0.507. The fourth-order valence-electron chi connectivity index (χ4n) is 2.21. The summed E-state index contributed by atoms with van der Waals surface area (Å²) >= 11 is 5.10. The quantitative estimate of drug-likeness (QED) is 0.748. The number of carboxylic acids is 1. The Hall–Kier alpha value is -0.880. The van der Waals surface area contributed by atoms with Gasteiger partial charge in [-0.15, -0.1) is 11.3 Å². The molecule has 1 aliphatic rings. The molecule has 20 heavy (non-hydrogen) atoms. The van der Waals surface area contributed by atoms with Crippen LogP contribution < -0.4 is 5.32 Å². The SMILES string of the molecule is O=C(O)CC(NC(=O)CCCc1ccc(Br)s1)C1CC1. The molecule has 1 aromatic rings. The molecule has 0 aliphatic heterocycles. The van der Waals surface area contributed by atoms with Crippen molar-refractivity contribution in [1.82, 2.24) is 5.32 Å². The summed E-state index contributed by atoms with van der Waals surface area (Å²) in [4.78, 5) is 23.9. The average molecular weight is 360 g/mol. The van der Waals surface area contributed by atoms with Crippen molar-refractivity contribution in [3.63, 3.8) is 0 Å². The van der Waals surface area contributed by atoms with Gasteiger partial charge in [-0.2, -0.15) is 0 Å². The van der Waals surface area contributed by atoms with E-state index in [-0.39, 0.29) is 18.4 Å². The van der Waals surface area contributed by atoms with Gasteiger partial charge >= 0.3 is 5.97 Å². The Morgan fingerprint density at radius 2 is 2.20 bits per heavy atom. The molecule has 110 valence electrons. The predicted molar refractivity (Wildman–Crippen MR) is 81.9 cm³/mol. The van der Waals surface area contributed by atoms with Crippen molar-refractivity contribution in [1.29, 1.82) is 0 Å². The van der Waals surface area contributed by atoms with Crippen LogP contribution in [0.1, 0.15) is 37.0 Å². The third kappa shape index (κ3) is 5.25. The molecule has 0 aromatic carbocycles. The maximum atomic E-state index is 11.9. The number of thiophene rings is 1. The van der Waals surface area contributed by atoms with E-state index in [2.05, 4.69) is 27.3 Å². The molecule has 1 saturated carbocycles. The molecule has 1 aliphatic carbocycles. The fourth-order valence-corrected chi connectivity index (χ4v) is 3.74. The van der Waals surface area contributed by atoms with Gasteiger partial charge in [0, 0.05) is 17.3 Å². The van der Waals surface area contributed by atoms with E-state index in [0.29, 0.717) is 12.3 Å². The summed E-state index contributed by atoms with van der Waals surface area (Å²) in [5, 5.41) is 11.7. The highest BCUT2D eigenvalue weighted by Crippen LogP contribution is 2.34. The first-order chi connectivity index (χ1) is 9.54. The minimum Gasteiger partial charge on any atom is -0.481 e. The summed E-state index contributed by atoms with van der Waals surface area (Å²) < 4.78 is 1.10. The summed E-state index contributed by atoms with van der Waals surface area (Å²) in [7, 11) is 0. The molecule has 0 saturated heterocycles. The second-order valence-electron chi connectivity index (χ2n) is 5.17. The lowest BCUT2D eigenvalue weighted by Crippen LogP contribution is -2.38. The monoisotopic (exact) mass is 359 g/mol. The summed E-state index contributed by atoms with van der Waals surface area (Å²) in [6, 6.07) is 3.89. The highest BCUT2D eigenvalue weighted by Gasteiger charge is 2.33. The maximum Gasteiger partial charge on any atom is 0.305 e. The van der Waals surface area contributed by atoms with Gasteiger partial charge in [0.2, 0.25) is 5.91 Å². The lowest BCUT2D eigenvalue weighted by molar-refractivity contribution is -0.137. The van der Waals surface area contributed by atoms with Gasteiger partial charge in [-0.05, 0) is 59.7 Å². The molecule has 2 rings (SSSR count). The lowest BCUT2D eigenvalue weighted by atomic mass is 10.1. The smallest absolute Gasteiger partial charge is 0.305 e. The molecule has 0 radical (unpaired) electrons. The zero-order valence-electron chi connectivity index (χ0n) is 11.1. The number of aryl methyl sites for hydroxylation is 1. The van der Waals surface area contributed by atoms with Gasteiger partial charge in [-0.25, -0.2) is 0 Å². The summed E-state index contributed by atoms with van der Waals surface area (Å²) in [6.45, 7) is 0. The van der Waals surface area contributed by atoms with E-state index < -0.39 is 5.97 Å². The predicted octanol–water partition coefficient (Wildman–Crippen LogP) is 3.20. The number of halogens is 1. The molecule has 1 heterocycles. The van der Waals surface area contributed by atoms with Crippen LogP contribution in [0, 0.1) is 5.92 Å². The first-order valence-electron chi connectivity index (χ1n) is 6.80. The van der Waals surface area contributed by atoms with E-state index in [1.807, 2.05) is 6.07 Å². The highest BCUT2D eigenvalue weighted by molar-refractivity contribution is 9.11. The molecule has 0 bridgehead atoms. The Kier molecular flexibility index (Phi) is 5.60. The zero-order chi connectivity index (χ0) is 14.5. The van der Waals surface area contributed by atoms with Crippen molar-refractivity contribution in [2.24, 2.45) is 5.92 Å². The van der Waals surface area contributed by atoms with Crippen LogP contribution in [0.25, 0.3) is 0 Å². The highest BCUT2D eigenvalue weighted by atomic mass is 79.9. The van der Waals surface area contributed by atoms with Crippen LogP contribution >= 0.6 is 27.3 Å². The van der Waals surface area contributed by atoms with Crippen LogP contribution in [-0.2, 0) is 16.0 Å². The molecular formula is C14H18BrNO3S. The van der Waals surface area contributed by atoms with Gasteiger partial charge in [0.1, 0.15) is 0 Å². The number of carboxylic acid groups (broad SMARTS) is 1. The minimum atomic E-state index is -0.842. The second kappa shape index (κ2) is 7.22. The van der Waals surface area contributed by atoms with Gasteiger partial charge in [-0.1, -0.05) is 0 Å². The van der Waals surface area contributed by atoms with Crippen LogP contribution in [-0.4, -0.2) is 23.0 Å². The Bertz CT molecular complexity index is 485. The van der Waals surface area contributed by atoms with Crippen LogP contribution in [0.15, 0.2) is 15.9 Å². The van der Waals surface area contributed by atoms with Crippen LogP contribution in [0.2, 0.25) is 0 Å². The van der Waals surface area contributed by atoms with Gasteiger partial charge in [-0.3, -0.25) is 9.59 Å². The van der Waals surface area contributed by atoms with Crippen LogP contribution in [0.5, 0.6) is 0 Å². The first-order valence-corrected chi connectivity index (χ1v) is 8.41. The maximum absolute atomic E-state index is 11.9. The average Bonchev–Trinajstić information content (AvgIpc) is 3.12. The molecule has 6 heteroatoms. The van der Waals surface area contributed by atoms with Crippen molar-refractivity contribution in [2.45, 2.75) is 44.6 Å². The van der Waals surface area contributed by atoms with Crippen molar-refractivity contribution < 1.29 is 14.7 Å². The van der Waals surface area contributed by atoms with Crippen molar-refractivity contribution in [3.05, 3.63) is 20.8 Å². The number of nitrogens with one attached hydrogen (secondary N) is 1. The van der Waals surface area contributed by atoms with Crippen LogP contribution in [0.3, 0.4) is 0 Å². The molecule has 1 unspecified atom stereocenters. The van der Waals surface area contributed by atoms with E-state index in [4.69, 9.17) is 5.11 Å². The van der Waals surface area contributed by atoms with Gasteiger partial charge in [0.15, 0.2) is 0 Å².